The molecule has 2 unspecified atom stereocenters. The van der Waals surface area contributed by atoms with Crippen molar-refractivity contribution in [2.75, 3.05) is 13.1 Å². The van der Waals surface area contributed by atoms with E-state index >= 15 is 0 Å². The van der Waals surface area contributed by atoms with E-state index in [2.05, 4.69) is 15.5 Å². The first-order valence-electron chi connectivity index (χ1n) is 9.95. The van der Waals surface area contributed by atoms with Crippen LogP contribution in [0.1, 0.15) is 59.1 Å². The molecule has 0 bridgehead atoms. The largest absolute Gasteiger partial charge is 0.444 e. The topological polar surface area (TPSA) is 70.7 Å². The lowest BCUT2D eigenvalue weighted by Gasteiger charge is -2.36. The second-order valence-electron chi connectivity index (χ2n) is 8.53. The molecule has 0 aliphatic carbocycles. The molecule has 8 heteroatoms. The first kappa shape index (κ1) is 23.8. The normalized spacial score (nSPS) is 18.0. The van der Waals surface area contributed by atoms with Crippen molar-refractivity contribution in [2.24, 2.45) is 0 Å². The maximum Gasteiger partial charge on any atom is 0.407 e. The quantitative estimate of drug-likeness (QED) is 0.699. The standard InChI is InChI=1S/C21H31Cl2N3O3/c1-13(17-7-6-15(22)12-18(17)23)24-19(27)14(2)26-10-8-16(9-11-26)25-20(28)29-21(3,4)5/h6-7,12-14,16H,8-11H2,1-5H3,(H,24,27)(H,25,28). The molecule has 1 saturated heterocycles. The Bertz CT molecular complexity index is 728. The van der Waals surface area contributed by atoms with E-state index < -0.39 is 11.7 Å². The number of amides is 2. The summed E-state index contributed by atoms with van der Waals surface area (Å²) in [7, 11) is 0. The van der Waals surface area contributed by atoms with Crippen molar-refractivity contribution in [3.8, 4) is 0 Å². The number of hydrogen-bond acceptors (Lipinski definition) is 4. The Morgan fingerprint density at radius 1 is 1.17 bits per heavy atom. The zero-order chi connectivity index (χ0) is 21.8. The number of ether oxygens (including phenoxy) is 1. The van der Waals surface area contributed by atoms with Crippen LogP contribution in [0.25, 0.3) is 0 Å². The van der Waals surface area contributed by atoms with Crippen LogP contribution in [0.5, 0.6) is 0 Å². The summed E-state index contributed by atoms with van der Waals surface area (Å²) in [6.45, 7) is 10.8. The summed E-state index contributed by atoms with van der Waals surface area (Å²) in [6.07, 6.45) is 1.15. The predicted octanol–water partition coefficient (Wildman–Crippen LogP) is 4.55. The molecular formula is C21H31Cl2N3O3. The lowest BCUT2D eigenvalue weighted by molar-refractivity contribution is -0.127. The van der Waals surface area contributed by atoms with Gasteiger partial charge in [0.2, 0.25) is 5.91 Å². The van der Waals surface area contributed by atoms with Crippen molar-refractivity contribution in [1.82, 2.24) is 15.5 Å². The van der Waals surface area contributed by atoms with Crippen molar-refractivity contribution in [3.63, 3.8) is 0 Å². The number of nitrogens with one attached hydrogen (secondary N) is 2. The highest BCUT2D eigenvalue weighted by Gasteiger charge is 2.29. The fraction of sp³-hybridized carbons (Fsp3) is 0.619. The number of benzene rings is 1. The van der Waals surface area contributed by atoms with E-state index in [0.29, 0.717) is 10.0 Å². The van der Waals surface area contributed by atoms with Gasteiger partial charge in [-0.3, -0.25) is 9.69 Å². The molecule has 1 aromatic rings. The number of hydrogen-bond donors (Lipinski definition) is 2. The van der Waals surface area contributed by atoms with Crippen LogP contribution < -0.4 is 10.6 Å². The summed E-state index contributed by atoms with van der Waals surface area (Å²) in [5.41, 5.74) is 0.318. The summed E-state index contributed by atoms with van der Waals surface area (Å²) in [6, 6.07) is 4.83. The molecule has 162 valence electrons. The zero-order valence-corrected chi connectivity index (χ0v) is 19.2. The minimum absolute atomic E-state index is 0.0536. The average Bonchev–Trinajstić information content (AvgIpc) is 2.59. The number of nitrogens with zero attached hydrogens (tertiary/aromatic N) is 1. The maximum absolute atomic E-state index is 12.7. The molecule has 2 rings (SSSR count). The molecule has 1 fully saturated rings. The molecule has 2 amide bonds. The number of likely N-dealkylation sites (tertiary alicyclic amines) is 1. The van der Waals surface area contributed by atoms with Gasteiger partial charge in [0.1, 0.15) is 5.60 Å². The number of alkyl carbamates (subject to hydrolysis) is 1. The van der Waals surface area contributed by atoms with Gasteiger partial charge in [-0.25, -0.2) is 4.79 Å². The Labute approximate surface area is 183 Å². The first-order chi connectivity index (χ1) is 13.5. The van der Waals surface area contributed by atoms with Gasteiger partial charge in [0.05, 0.1) is 12.1 Å². The van der Waals surface area contributed by atoms with Gasteiger partial charge in [-0.2, -0.15) is 0 Å². The summed E-state index contributed by atoms with van der Waals surface area (Å²) >= 11 is 12.2. The van der Waals surface area contributed by atoms with E-state index in [1.807, 2.05) is 40.7 Å². The zero-order valence-electron chi connectivity index (χ0n) is 17.7. The van der Waals surface area contributed by atoms with Gasteiger partial charge in [0, 0.05) is 29.2 Å². The average molecular weight is 444 g/mol. The fourth-order valence-corrected chi connectivity index (χ4v) is 3.91. The highest BCUT2D eigenvalue weighted by molar-refractivity contribution is 6.35. The van der Waals surface area contributed by atoms with Gasteiger partial charge in [-0.1, -0.05) is 29.3 Å². The van der Waals surface area contributed by atoms with E-state index in [-0.39, 0.29) is 24.0 Å². The van der Waals surface area contributed by atoms with Crippen LogP contribution in [-0.4, -0.2) is 47.7 Å². The van der Waals surface area contributed by atoms with Crippen LogP contribution in [0.3, 0.4) is 0 Å². The van der Waals surface area contributed by atoms with Gasteiger partial charge in [0.25, 0.3) is 0 Å². The smallest absolute Gasteiger partial charge is 0.407 e. The monoisotopic (exact) mass is 443 g/mol. The van der Waals surface area contributed by atoms with Gasteiger partial charge >= 0.3 is 6.09 Å². The second kappa shape index (κ2) is 10.0. The molecule has 1 aliphatic rings. The highest BCUT2D eigenvalue weighted by atomic mass is 35.5. The second-order valence-corrected chi connectivity index (χ2v) is 9.37. The molecule has 1 aromatic carbocycles. The van der Waals surface area contributed by atoms with E-state index in [9.17, 15) is 9.59 Å². The molecule has 6 nitrogen and oxygen atoms in total. The third kappa shape index (κ3) is 7.36. The number of carbonyl (C=O) groups is 2. The summed E-state index contributed by atoms with van der Waals surface area (Å²) < 4.78 is 5.31. The minimum Gasteiger partial charge on any atom is -0.444 e. The van der Waals surface area contributed by atoms with Crippen LogP contribution in [0.2, 0.25) is 10.0 Å². The van der Waals surface area contributed by atoms with Crippen molar-refractivity contribution >= 4 is 35.2 Å². The Morgan fingerprint density at radius 3 is 2.34 bits per heavy atom. The molecule has 1 aliphatic heterocycles. The van der Waals surface area contributed by atoms with Crippen LogP contribution in [0, 0.1) is 0 Å². The number of halogens is 2. The fourth-order valence-electron chi connectivity index (χ4n) is 3.34. The molecule has 1 heterocycles. The molecule has 29 heavy (non-hydrogen) atoms. The van der Waals surface area contributed by atoms with Crippen LogP contribution >= 0.6 is 23.2 Å². The van der Waals surface area contributed by atoms with E-state index in [4.69, 9.17) is 27.9 Å². The van der Waals surface area contributed by atoms with Crippen molar-refractivity contribution in [3.05, 3.63) is 33.8 Å². The lowest BCUT2D eigenvalue weighted by atomic mass is 10.0. The van der Waals surface area contributed by atoms with Crippen LogP contribution in [0.4, 0.5) is 4.79 Å². The van der Waals surface area contributed by atoms with Crippen molar-refractivity contribution in [2.45, 2.75) is 71.2 Å². The molecule has 0 spiro atoms. The Balaban J connectivity index is 1.83. The van der Waals surface area contributed by atoms with Crippen molar-refractivity contribution < 1.29 is 14.3 Å². The SMILES string of the molecule is CC(NC(=O)C(C)N1CCC(NC(=O)OC(C)(C)C)CC1)c1ccc(Cl)cc1Cl. The Morgan fingerprint density at radius 2 is 1.79 bits per heavy atom. The third-order valence-electron chi connectivity index (χ3n) is 4.97. The van der Waals surface area contributed by atoms with Gasteiger partial charge in [0.15, 0.2) is 0 Å². The Hall–Kier alpha value is -1.50. The summed E-state index contributed by atoms with van der Waals surface area (Å²) in [5.74, 6) is -0.0536. The molecule has 2 atom stereocenters. The Kier molecular flexibility index (Phi) is 8.20. The number of rotatable bonds is 5. The first-order valence-corrected chi connectivity index (χ1v) is 10.7. The van der Waals surface area contributed by atoms with Crippen LogP contribution in [-0.2, 0) is 9.53 Å². The molecular weight excluding hydrogens is 413 g/mol. The van der Waals surface area contributed by atoms with E-state index in [1.54, 1.807) is 12.1 Å². The van der Waals surface area contributed by atoms with Crippen molar-refractivity contribution in [1.29, 1.82) is 0 Å². The molecule has 2 N–H and O–H groups in total. The molecule has 0 saturated carbocycles. The molecule has 0 radical (unpaired) electrons. The number of piperidine rings is 1. The molecule has 0 aromatic heterocycles. The third-order valence-corrected chi connectivity index (χ3v) is 5.53. The number of carbonyl (C=O) groups excluding carboxylic acids is 2. The van der Waals surface area contributed by atoms with Crippen LogP contribution in [0.15, 0.2) is 18.2 Å². The summed E-state index contributed by atoms with van der Waals surface area (Å²) in [5, 5.41) is 7.04. The highest BCUT2D eigenvalue weighted by Crippen LogP contribution is 2.26. The van der Waals surface area contributed by atoms with Gasteiger partial charge in [-0.15, -0.1) is 0 Å². The minimum atomic E-state index is -0.513. The lowest BCUT2D eigenvalue weighted by Crippen LogP contribution is -2.52. The summed E-state index contributed by atoms with van der Waals surface area (Å²) in [4.78, 5) is 26.8. The maximum atomic E-state index is 12.7. The van der Waals surface area contributed by atoms with Gasteiger partial charge in [-0.05, 0) is 65.2 Å². The van der Waals surface area contributed by atoms with E-state index in [0.717, 1.165) is 31.5 Å². The van der Waals surface area contributed by atoms with Gasteiger partial charge < -0.3 is 15.4 Å². The predicted molar refractivity (Wildman–Crippen MR) is 116 cm³/mol. The van der Waals surface area contributed by atoms with E-state index in [1.165, 1.54) is 0 Å².